The Hall–Kier alpha value is -1.06. The van der Waals surface area contributed by atoms with Crippen LogP contribution in [0.15, 0.2) is 29.3 Å². The highest BCUT2D eigenvalue weighted by molar-refractivity contribution is 14.0. The highest BCUT2D eigenvalue weighted by Crippen LogP contribution is 2.22. The second-order valence-corrected chi connectivity index (χ2v) is 4.74. The molecule has 21 heavy (non-hydrogen) atoms. The number of nitrogens with one attached hydrogen (secondary N) is 1. The molecule has 0 aromatic heterocycles. The lowest BCUT2D eigenvalue weighted by molar-refractivity contribution is -0.00900. The molecule has 1 aliphatic rings. The Kier molecular flexibility index (Phi) is 7.20. The van der Waals surface area contributed by atoms with Crippen molar-refractivity contribution in [2.75, 3.05) is 39.3 Å². The van der Waals surface area contributed by atoms with E-state index in [1.54, 1.807) is 14.2 Å². The van der Waals surface area contributed by atoms with Crippen molar-refractivity contribution in [3.05, 3.63) is 24.3 Å². The summed E-state index contributed by atoms with van der Waals surface area (Å²) in [6.07, 6.45) is 0.836. The smallest absolute Gasteiger partial charge is 0.193 e. The Morgan fingerprint density at radius 1 is 1.38 bits per heavy atom. The van der Waals surface area contributed by atoms with Gasteiger partial charge in [-0.2, -0.15) is 0 Å². The summed E-state index contributed by atoms with van der Waals surface area (Å²) in [6.45, 7) is 1.75. The van der Waals surface area contributed by atoms with Crippen molar-refractivity contribution in [2.24, 2.45) is 10.7 Å². The van der Waals surface area contributed by atoms with Crippen molar-refractivity contribution in [3.8, 4) is 5.75 Å². The molecule has 6 nitrogen and oxygen atoms in total. The quantitative estimate of drug-likeness (QED) is 0.443. The van der Waals surface area contributed by atoms with Gasteiger partial charge in [0.2, 0.25) is 0 Å². The van der Waals surface area contributed by atoms with Gasteiger partial charge in [-0.15, -0.1) is 24.0 Å². The number of methoxy groups -OCH3 is 2. The van der Waals surface area contributed by atoms with Crippen LogP contribution in [0.4, 0.5) is 5.69 Å². The molecule has 1 saturated heterocycles. The molecule has 1 unspecified atom stereocenters. The first-order chi connectivity index (χ1) is 9.67. The lowest BCUT2D eigenvalue weighted by Gasteiger charge is -2.23. The Labute approximate surface area is 142 Å². The summed E-state index contributed by atoms with van der Waals surface area (Å²) in [6, 6.07) is 7.48. The molecule has 1 aromatic rings. The molecule has 3 N–H and O–H groups in total. The number of hydrogen-bond donors (Lipinski definition) is 2. The first kappa shape index (κ1) is 18.0. The number of nitrogens with zero attached hydrogens (tertiary/aromatic N) is 1. The van der Waals surface area contributed by atoms with Crippen LogP contribution in [0, 0.1) is 0 Å². The third-order valence-corrected chi connectivity index (χ3v) is 3.40. The number of benzene rings is 1. The number of halogens is 1. The van der Waals surface area contributed by atoms with Crippen LogP contribution in [0.5, 0.6) is 5.75 Å². The number of rotatable bonds is 5. The van der Waals surface area contributed by atoms with E-state index in [2.05, 4.69) is 10.3 Å². The van der Waals surface area contributed by atoms with Crippen molar-refractivity contribution in [1.82, 2.24) is 0 Å². The number of aliphatic imine (C=N–C) groups is 1. The van der Waals surface area contributed by atoms with Gasteiger partial charge in [-0.1, -0.05) is 0 Å². The minimum absolute atomic E-state index is 0. The molecule has 2 rings (SSSR count). The van der Waals surface area contributed by atoms with Crippen LogP contribution in [0.3, 0.4) is 0 Å². The number of hydrogen-bond acceptors (Lipinski definition) is 4. The van der Waals surface area contributed by atoms with Crippen LogP contribution in [-0.2, 0) is 9.47 Å². The second-order valence-electron chi connectivity index (χ2n) is 4.74. The van der Waals surface area contributed by atoms with Gasteiger partial charge < -0.3 is 25.3 Å². The predicted octanol–water partition coefficient (Wildman–Crippen LogP) is 1.85. The van der Waals surface area contributed by atoms with Gasteiger partial charge in [0.05, 0.1) is 20.3 Å². The molecule has 1 fully saturated rings. The van der Waals surface area contributed by atoms with Crippen LogP contribution in [0.1, 0.15) is 6.42 Å². The lowest BCUT2D eigenvalue weighted by atomic mass is 10.0. The van der Waals surface area contributed by atoms with E-state index in [-0.39, 0.29) is 29.6 Å². The van der Waals surface area contributed by atoms with Gasteiger partial charge in [0.1, 0.15) is 11.4 Å². The summed E-state index contributed by atoms with van der Waals surface area (Å²) >= 11 is 0. The van der Waals surface area contributed by atoms with Gasteiger partial charge in [0.25, 0.3) is 0 Å². The zero-order valence-corrected chi connectivity index (χ0v) is 14.6. The summed E-state index contributed by atoms with van der Waals surface area (Å²) in [5.41, 5.74) is 6.40. The Balaban J connectivity index is 0.00000220. The zero-order chi connectivity index (χ0) is 14.4. The third-order valence-electron chi connectivity index (χ3n) is 3.40. The van der Waals surface area contributed by atoms with Gasteiger partial charge in [0.15, 0.2) is 5.96 Å². The molecule has 1 aromatic carbocycles. The normalized spacial score (nSPS) is 21.7. The highest BCUT2D eigenvalue weighted by Gasteiger charge is 2.34. The van der Waals surface area contributed by atoms with Gasteiger partial charge >= 0.3 is 0 Å². The minimum Gasteiger partial charge on any atom is -0.497 e. The van der Waals surface area contributed by atoms with Gasteiger partial charge in [-0.25, -0.2) is 0 Å². The van der Waals surface area contributed by atoms with E-state index in [9.17, 15) is 0 Å². The SMILES string of the molecule is COc1ccc(NC(N)=NCC2(OC)CCOC2)cc1.I. The fraction of sp³-hybridized carbons (Fsp3) is 0.500. The van der Waals surface area contributed by atoms with E-state index in [1.807, 2.05) is 24.3 Å². The maximum absolute atomic E-state index is 5.88. The van der Waals surface area contributed by atoms with Gasteiger partial charge in [0, 0.05) is 25.8 Å². The average molecular weight is 407 g/mol. The van der Waals surface area contributed by atoms with Gasteiger partial charge in [-0.3, -0.25) is 4.99 Å². The van der Waals surface area contributed by atoms with Crippen LogP contribution >= 0.6 is 24.0 Å². The molecule has 0 aliphatic carbocycles. The minimum atomic E-state index is -0.341. The van der Waals surface area contributed by atoms with E-state index in [1.165, 1.54) is 0 Å². The molecule has 0 radical (unpaired) electrons. The summed E-state index contributed by atoms with van der Waals surface area (Å²) in [5.74, 6) is 1.16. The van der Waals surface area contributed by atoms with Crippen LogP contribution in [0.25, 0.3) is 0 Å². The van der Waals surface area contributed by atoms with Crippen LogP contribution in [-0.4, -0.2) is 45.5 Å². The molecule has 0 bridgehead atoms. The summed E-state index contributed by atoms with van der Waals surface area (Å²) in [7, 11) is 3.31. The second kappa shape index (κ2) is 8.40. The highest BCUT2D eigenvalue weighted by atomic mass is 127. The molecule has 7 heteroatoms. The molecule has 1 aliphatic heterocycles. The molecule has 1 atom stereocenters. The summed E-state index contributed by atoms with van der Waals surface area (Å²) in [5, 5.41) is 3.03. The number of nitrogens with two attached hydrogens (primary N) is 1. The van der Waals surface area contributed by atoms with Crippen molar-refractivity contribution < 1.29 is 14.2 Å². The Bertz CT molecular complexity index is 459. The Morgan fingerprint density at radius 3 is 2.62 bits per heavy atom. The standard InChI is InChI=1S/C14H21N3O3.HI/c1-18-12-5-3-11(4-6-12)17-13(15)16-9-14(19-2)7-8-20-10-14;/h3-6H,7-10H2,1-2H3,(H3,15,16,17);1H. The predicted molar refractivity (Wildman–Crippen MR) is 93.7 cm³/mol. The maximum Gasteiger partial charge on any atom is 0.193 e. The molecule has 1 heterocycles. The molecular weight excluding hydrogens is 385 g/mol. The van der Waals surface area contributed by atoms with E-state index >= 15 is 0 Å². The lowest BCUT2D eigenvalue weighted by Crippen LogP contribution is -2.37. The fourth-order valence-electron chi connectivity index (χ4n) is 2.03. The monoisotopic (exact) mass is 407 g/mol. The third kappa shape index (κ3) is 5.01. The van der Waals surface area contributed by atoms with Crippen molar-refractivity contribution >= 4 is 35.6 Å². The van der Waals surface area contributed by atoms with Gasteiger partial charge in [-0.05, 0) is 24.3 Å². The van der Waals surface area contributed by atoms with Crippen molar-refractivity contribution in [3.63, 3.8) is 0 Å². The van der Waals surface area contributed by atoms with Crippen LogP contribution < -0.4 is 15.8 Å². The van der Waals surface area contributed by atoms with E-state index in [0.717, 1.165) is 17.9 Å². The van der Waals surface area contributed by atoms with Crippen LogP contribution in [0.2, 0.25) is 0 Å². The van der Waals surface area contributed by atoms with E-state index in [4.69, 9.17) is 19.9 Å². The number of guanidine groups is 1. The first-order valence-corrected chi connectivity index (χ1v) is 6.51. The van der Waals surface area contributed by atoms with E-state index in [0.29, 0.717) is 25.7 Å². The van der Waals surface area contributed by atoms with Crippen molar-refractivity contribution in [2.45, 2.75) is 12.0 Å². The topological polar surface area (TPSA) is 78.1 Å². The molecule has 118 valence electrons. The molecule has 0 spiro atoms. The maximum atomic E-state index is 5.88. The largest absolute Gasteiger partial charge is 0.497 e. The molecule has 0 saturated carbocycles. The van der Waals surface area contributed by atoms with E-state index < -0.39 is 0 Å². The summed E-state index contributed by atoms with van der Waals surface area (Å²) in [4.78, 5) is 4.33. The number of ether oxygens (including phenoxy) is 3. The Morgan fingerprint density at radius 2 is 2.10 bits per heavy atom. The number of anilines is 1. The molecular formula is C14H22IN3O3. The molecule has 0 amide bonds. The zero-order valence-electron chi connectivity index (χ0n) is 12.3. The average Bonchev–Trinajstić information content (AvgIpc) is 2.95. The first-order valence-electron chi connectivity index (χ1n) is 6.51. The van der Waals surface area contributed by atoms with Crippen molar-refractivity contribution in [1.29, 1.82) is 0 Å². The summed E-state index contributed by atoms with van der Waals surface area (Å²) < 4.78 is 16.0. The fourth-order valence-corrected chi connectivity index (χ4v) is 2.03.